The van der Waals surface area contributed by atoms with Gasteiger partial charge < -0.3 is 10.1 Å². The van der Waals surface area contributed by atoms with Crippen LogP contribution in [0, 0.1) is 0 Å². The summed E-state index contributed by atoms with van der Waals surface area (Å²) in [6.07, 6.45) is 3.24. The molecular weight excluding hydrogens is 358 g/mol. The molecule has 0 spiro atoms. The van der Waals surface area contributed by atoms with Gasteiger partial charge in [0.2, 0.25) is 5.91 Å². The normalized spacial score (nSPS) is 26.7. The Morgan fingerprint density at radius 3 is 2.48 bits per heavy atom. The molecule has 1 aromatic carbocycles. The lowest BCUT2D eigenvalue weighted by Crippen LogP contribution is -2.51. The number of carbonyl (C=O) groups is 1. The van der Waals surface area contributed by atoms with Crippen molar-refractivity contribution in [3.05, 3.63) is 35.9 Å². The van der Waals surface area contributed by atoms with Crippen LogP contribution in [0.15, 0.2) is 30.3 Å². The van der Waals surface area contributed by atoms with Crippen molar-refractivity contribution in [1.82, 2.24) is 15.1 Å². The first-order valence-corrected chi connectivity index (χ1v) is 11.5. The number of ether oxygens (including phenoxy) is 1. The summed E-state index contributed by atoms with van der Waals surface area (Å²) in [5, 5.41) is 3.38. The first-order chi connectivity index (χ1) is 13.3. The van der Waals surface area contributed by atoms with E-state index in [9.17, 15) is 4.79 Å². The third-order valence-electron chi connectivity index (χ3n) is 6.07. The van der Waals surface area contributed by atoms with Gasteiger partial charge in [-0.1, -0.05) is 30.3 Å². The van der Waals surface area contributed by atoms with Gasteiger partial charge in [-0.3, -0.25) is 14.6 Å². The molecule has 4 rings (SSSR count). The van der Waals surface area contributed by atoms with Gasteiger partial charge in [0.1, 0.15) is 6.04 Å². The third kappa shape index (κ3) is 4.86. The van der Waals surface area contributed by atoms with Crippen LogP contribution in [-0.2, 0) is 9.53 Å². The Balaban J connectivity index is 1.37. The monoisotopic (exact) mass is 389 g/mol. The molecule has 6 heteroatoms. The molecule has 1 aromatic rings. The average Bonchev–Trinajstić information content (AvgIpc) is 3.25. The van der Waals surface area contributed by atoms with Crippen LogP contribution in [-0.4, -0.2) is 78.7 Å². The van der Waals surface area contributed by atoms with Crippen molar-refractivity contribution in [3.8, 4) is 0 Å². The molecule has 0 bridgehead atoms. The first kappa shape index (κ1) is 19.2. The highest BCUT2D eigenvalue weighted by Crippen LogP contribution is 2.26. The smallest absolute Gasteiger partial charge is 0.242 e. The predicted molar refractivity (Wildman–Crippen MR) is 110 cm³/mol. The van der Waals surface area contributed by atoms with Gasteiger partial charge in [-0.2, -0.15) is 11.8 Å². The number of carbonyl (C=O) groups excluding carboxylic acids is 1. The molecule has 0 saturated carbocycles. The van der Waals surface area contributed by atoms with E-state index in [-0.39, 0.29) is 11.9 Å². The number of nitrogens with zero attached hydrogens (tertiary/aromatic N) is 2. The van der Waals surface area contributed by atoms with Crippen LogP contribution in [0.5, 0.6) is 0 Å². The lowest BCUT2D eigenvalue weighted by atomic mass is 10.00. The van der Waals surface area contributed by atoms with Crippen molar-refractivity contribution < 1.29 is 9.53 Å². The van der Waals surface area contributed by atoms with Crippen LogP contribution in [0.1, 0.15) is 30.9 Å². The van der Waals surface area contributed by atoms with Gasteiger partial charge in [-0.05, 0) is 24.8 Å². The molecule has 27 heavy (non-hydrogen) atoms. The molecule has 3 aliphatic rings. The average molecular weight is 390 g/mol. The summed E-state index contributed by atoms with van der Waals surface area (Å²) >= 11 is 1.98. The molecule has 0 radical (unpaired) electrons. The minimum Gasteiger partial charge on any atom is -0.380 e. The number of benzene rings is 1. The van der Waals surface area contributed by atoms with E-state index in [0.717, 1.165) is 75.7 Å². The van der Waals surface area contributed by atoms with Crippen molar-refractivity contribution in [2.45, 2.75) is 37.4 Å². The van der Waals surface area contributed by atoms with E-state index in [2.05, 4.69) is 27.2 Å². The molecule has 0 aliphatic carbocycles. The second-order valence-corrected chi connectivity index (χ2v) is 9.02. The Morgan fingerprint density at radius 2 is 1.81 bits per heavy atom. The Bertz CT molecular complexity index is 595. The lowest BCUT2D eigenvalue weighted by Gasteiger charge is -2.38. The number of rotatable bonds is 5. The van der Waals surface area contributed by atoms with E-state index in [1.807, 2.05) is 30.0 Å². The zero-order chi connectivity index (χ0) is 18.5. The van der Waals surface area contributed by atoms with Gasteiger partial charge in [-0.15, -0.1) is 0 Å². The van der Waals surface area contributed by atoms with Crippen LogP contribution in [0.25, 0.3) is 0 Å². The fraction of sp³-hybridized carbons (Fsp3) is 0.667. The van der Waals surface area contributed by atoms with E-state index < -0.39 is 0 Å². The zero-order valence-corrected chi connectivity index (χ0v) is 16.8. The number of hydrogen-bond acceptors (Lipinski definition) is 5. The number of piperidine rings is 1. The maximum atomic E-state index is 13.3. The summed E-state index contributed by atoms with van der Waals surface area (Å²) in [7, 11) is 0. The number of nitrogens with one attached hydrogen (secondary N) is 1. The minimum atomic E-state index is -0.159. The maximum absolute atomic E-state index is 13.3. The molecule has 1 amide bonds. The van der Waals surface area contributed by atoms with Crippen molar-refractivity contribution >= 4 is 17.7 Å². The quantitative estimate of drug-likeness (QED) is 0.836. The van der Waals surface area contributed by atoms with Gasteiger partial charge in [0.15, 0.2) is 0 Å². The lowest BCUT2D eigenvalue weighted by molar-refractivity contribution is -0.127. The van der Waals surface area contributed by atoms with Gasteiger partial charge in [0.25, 0.3) is 0 Å². The zero-order valence-electron chi connectivity index (χ0n) is 16.0. The molecule has 3 fully saturated rings. The number of amides is 1. The molecule has 3 saturated heterocycles. The highest BCUT2D eigenvalue weighted by molar-refractivity contribution is 7.99. The van der Waals surface area contributed by atoms with E-state index in [0.29, 0.717) is 12.1 Å². The fourth-order valence-electron chi connectivity index (χ4n) is 4.50. The molecule has 1 N–H and O–H groups in total. The molecule has 148 valence electrons. The fourth-order valence-corrected chi connectivity index (χ4v) is 5.43. The standard InChI is InChI=1S/C21H31N3O2S/c25-21(22-18-6-9-23(10-7-18)19-8-13-26-16-19)20(17-4-2-1-3-5-17)24-11-14-27-15-12-24/h1-5,18-20H,6-16H2,(H,22,25)/t19-,20+/m0/s1. The molecule has 3 heterocycles. The number of hydrogen-bond donors (Lipinski definition) is 1. The molecule has 0 aromatic heterocycles. The van der Waals surface area contributed by atoms with Crippen LogP contribution < -0.4 is 5.32 Å². The Labute approximate surface area is 166 Å². The highest BCUT2D eigenvalue weighted by Gasteiger charge is 2.32. The predicted octanol–water partition coefficient (Wildman–Crippen LogP) is 2.15. The first-order valence-electron chi connectivity index (χ1n) is 10.3. The van der Waals surface area contributed by atoms with Gasteiger partial charge in [0, 0.05) is 56.4 Å². The summed E-state index contributed by atoms with van der Waals surface area (Å²) in [6.45, 7) is 5.87. The number of likely N-dealkylation sites (tertiary alicyclic amines) is 1. The van der Waals surface area contributed by atoms with Crippen LogP contribution in [0.3, 0.4) is 0 Å². The highest BCUT2D eigenvalue weighted by atomic mass is 32.2. The second kappa shape index (κ2) is 9.41. The Morgan fingerprint density at radius 1 is 1.07 bits per heavy atom. The number of thioether (sulfide) groups is 1. The SMILES string of the molecule is O=C(NC1CCN([C@H]2CCOC2)CC1)[C@@H](c1ccccc1)N1CCSCC1. The van der Waals surface area contributed by atoms with Crippen LogP contribution >= 0.6 is 11.8 Å². The minimum absolute atomic E-state index is 0.159. The van der Waals surface area contributed by atoms with Crippen molar-refractivity contribution in [3.63, 3.8) is 0 Å². The van der Waals surface area contributed by atoms with E-state index in [1.165, 1.54) is 0 Å². The van der Waals surface area contributed by atoms with E-state index >= 15 is 0 Å². The van der Waals surface area contributed by atoms with Crippen LogP contribution in [0.2, 0.25) is 0 Å². The molecule has 0 unspecified atom stereocenters. The molecule has 5 nitrogen and oxygen atoms in total. The third-order valence-corrected chi connectivity index (χ3v) is 7.01. The summed E-state index contributed by atoms with van der Waals surface area (Å²) in [5.74, 6) is 2.40. The topological polar surface area (TPSA) is 44.8 Å². The van der Waals surface area contributed by atoms with Crippen molar-refractivity contribution in [2.24, 2.45) is 0 Å². The summed E-state index contributed by atoms with van der Waals surface area (Å²) < 4.78 is 5.53. The largest absolute Gasteiger partial charge is 0.380 e. The Kier molecular flexibility index (Phi) is 6.71. The molecular formula is C21H31N3O2S. The van der Waals surface area contributed by atoms with Gasteiger partial charge in [0.05, 0.1) is 6.61 Å². The molecule has 2 atom stereocenters. The Hall–Kier alpha value is -1.08. The summed E-state index contributed by atoms with van der Waals surface area (Å²) in [4.78, 5) is 18.2. The summed E-state index contributed by atoms with van der Waals surface area (Å²) in [6, 6.07) is 11.0. The van der Waals surface area contributed by atoms with Crippen molar-refractivity contribution in [1.29, 1.82) is 0 Å². The second-order valence-electron chi connectivity index (χ2n) is 7.80. The maximum Gasteiger partial charge on any atom is 0.242 e. The van der Waals surface area contributed by atoms with E-state index in [4.69, 9.17) is 4.74 Å². The van der Waals surface area contributed by atoms with Crippen molar-refractivity contribution in [2.75, 3.05) is 50.9 Å². The van der Waals surface area contributed by atoms with Gasteiger partial charge >= 0.3 is 0 Å². The molecule has 3 aliphatic heterocycles. The summed E-state index contributed by atoms with van der Waals surface area (Å²) in [5.41, 5.74) is 1.11. The van der Waals surface area contributed by atoms with Crippen LogP contribution in [0.4, 0.5) is 0 Å². The van der Waals surface area contributed by atoms with E-state index in [1.54, 1.807) is 0 Å². The van der Waals surface area contributed by atoms with Gasteiger partial charge in [-0.25, -0.2) is 0 Å².